The third kappa shape index (κ3) is 3.55. The van der Waals surface area contributed by atoms with E-state index in [1.54, 1.807) is 6.07 Å². The second-order valence-corrected chi connectivity index (χ2v) is 4.54. The first kappa shape index (κ1) is 15.8. The monoisotopic (exact) mass is 309 g/mol. The highest BCUT2D eigenvalue weighted by molar-refractivity contribution is 6.04. The minimum atomic E-state index is -1.68. The molecule has 1 heterocycles. The smallest absolute Gasteiger partial charge is 0.259 e. The van der Waals surface area contributed by atoms with Crippen LogP contribution in [0.1, 0.15) is 23.7 Å². The van der Waals surface area contributed by atoms with Gasteiger partial charge in [-0.05, 0) is 30.7 Å². The highest BCUT2D eigenvalue weighted by Gasteiger charge is 2.19. The molecule has 0 bridgehead atoms. The van der Waals surface area contributed by atoms with Crippen LogP contribution < -0.4 is 10.6 Å². The number of nitrogens with one attached hydrogen (secondary N) is 2. The maximum atomic E-state index is 13.5. The van der Waals surface area contributed by atoms with E-state index < -0.39 is 28.9 Å². The summed E-state index contributed by atoms with van der Waals surface area (Å²) in [5.41, 5.74) is 0.188. The number of nitrogens with zero attached hydrogens (tertiary/aromatic N) is 1. The van der Waals surface area contributed by atoms with Crippen LogP contribution >= 0.6 is 0 Å². The van der Waals surface area contributed by atoms with Crippen molar-refractivity contribution in [3.8, 4) is 0 Å². The molecule has 2 rings (SSSR count). The Balaban J connectivity index is 2.10. The van der Waals surface area contributed by atoms with Gasteiger partial charge >= 0.3 is 0 Å². The predicted molar refractivity (Wildman–Crippen MR) is 77.3 cm³/mol. The summed E-state index contributed by atoms with van der Waals surface area (Å²) in [4.78, 5) is 15.8. The molecule has 0 atom stereocenters. The predicted octanol–water partition coefficient (Wildman–Crippen LogP) is 3.57. The third-order valence-corrected chi connectivity index (χ3v) is 2.86. The molecule has 0 aliphatic heterocycles. The van der Waals surface area contributed by atoms with E-state index in [0.29, 0.717) is 6.07 Å². The van der Waals surface area contributed by atoms with Gasteiger partial charge < -0.3 is 10.6 Å². The number of benzene rings is 1. The van der Waals surface area contributed by atoms with Gasteiger partial charge in [-0.1, -0.05) is 6.92 Å². The molecule has 0 spiro atoms. The summed E-state index contributed by atoms with van der Waals surface area (Å²) in [7, 11) is 0. The van der Waals surface area contributed by atoms with Crippen LogP contribution in [0.15, 0.2) is 30.5 Å². The molecule has 7 heteroatoms. The SMILES string of the molecule is CCCNc1ccc(NC(=O)c2ccc(F)c(F)c2F)nc1. The molecule has 0 unspecified atom stereocenters. The van der Waals surface area contributed by atoms with Crippen molar-refractivity contribution in [1.29, 1.82) is 0 Å². The van der Waals surface area contributed by atoms with Crippen LogP contribution in [0.5, 0.6) is 0 Å². The molecule has 0 fully saturated rings. The molecule has 116 valence electrons. The number of halogens is 3. The lowest BCUT2D eigenvalue weighted by Gasteiger charge is -2.08. The number of hydrogen-bond donors (Lipinski definition) is 2. The molecule has 2 aromatic rings. The van der Waals surface area contributed by atoms with Crippen molar-refractivity contribution in [2.75, 3.05) is 17.2 Å². The van der Waals surface area contributed by atoms with E-state index in [4.69, 9.17) is 0 Å². The molecule has 1 aromatic carbocycles. The van der Waals surface area contributed by atoms with Crippen molar-refractivity contribution in [2.24, 2.45) is 0 Å². The van der Waals surface area contributed by atoms with Crippen molar-refractivity contribution in [3.63, 3.8) is 0 Å². The van der Waals surface area contributed by atoms with Crippen LogP contribution in [0.2, 0.25) is 0 Å². The minimum Gasteiger partial charge on any atom is -0.384 e. The number of carbonyl (C=O) groups excluding carboxylic acids is 1. The molecule has 0 radical (unpaired) electrons. The Bertz CT molecular complexity index is 674. The van der Waals surface area contributed by atoms with E-state index >= 15 is 0 Å². The summed E-state index contributed by atoms with van der Waals surface area (Å²) < 4.78 is 39.5. The Morgan fingerprint density at radius 2 is 1.91 bits per heavy atom. The Morgan fingerprint density at radius 3 is 2.55 bits per heavy atom. The first-order valence-corrected chi connectivity index (χ1v) is 6.67. The van der Waals surface area contributed by atoms with E-state index in [1.807, 2.05) is 6.92 Å². The maximum Gasteiger partial charge on any atom is 0.259 e. The van der Waals surface area contributed by atoms with Gasteiger partial charge in [0.25, 0.3) is 5.91 Å². The number of pyridine rings is 1. The number of amides is 1. The lowest BCUT2D eigenvalue weighted by Crippen LogP contribution is -2.16. The van der Waals surface area contributed by atoms with Crippen LogP contribution in [0.25, 0.3) is 0 Å². The zero-order valence-corrected chi connectivity index (χ0v) is 11.8. The van der Waals surface area contributed by atoms with Gasteiger partial charge in [-0.15, -0.1) is 0 Å². The highest BCUT2D eigenvalue weighted by Crippen LogP contribution is 2.17. The van der Waals surface area contributed by atoms with Gasteiger partial charge in [0.05, 0.1) is 17.4 Å². The Kier molecular flexibility index (Phi) is 4.98. The van der Waals surface area contributed by atoms with Gasteiger partial charge in [-0.2, -0.15) is 0 Å². The highest BCUT2D eigenvalue weighted by atomic mass is 19.2. The zero-order valence-electron chi connectivity index (χ0n) is 11.8. The van der Waals surface area contributed by atoms with Crippen molar-refractivity contribution >= 4 is 17.4 Å². The van der Waals surface area contributed by atoms with Gasteiger partial charge in [0.15, 0.2) is 17.5 Å². The van der Waals surface area contributed by atoms with Crippen molar-refractivity contribution in [1.82, 2.24) is 4.98 Å². The Hall–Kier alpha value is -2.57. The fourth-order valence-corrected chi connectivity index (χ4v) is 1.73. The van der Waals surface area contributed by atoms with Gasteiger partial charge in [0.2, 0.25) is 0 Å². The fourth-order valence-electron chi connectivity index (χ4n) is 1.73. The first-order valence-electron chi connectivity index (χ1n) is 6.67. The largest absolute Gasteiger partial charge is 0.384 e. The number of hydrogen-bond acceptors (Lipinski definition) is 3. The van der Waals surface area contributed by atoms with Gasteiger partial charge in [0.1, 0.15) is 5.82 Å². The molecule has 0 aliphatic carbocycles. The number of carbonyl (C=O) groups is 1. The van der Waals surface area contributed by atoms with Crippen molar-refractivity contribution < 1.29 is 18.0 Å². The van der Waals surface area contributed by atoms with Gasteiger partial charge in [-0.25, -0.2) is 18.2 Å². The van der Waals surface area contributed by atoms with Gasteiger partial charge in [-0.3, -0.25) is 4.79 Å². The number of anilines is 2. The molecular formula is C15H14F3N3O. The Labute approximate surface area is 125 Å². The summed E-state index contributed by atoms with van der Waals surface area (Å²) in [6.45, 7) is 2.80. The normalized spacial score (nSPS) is 10.4. The number of aromatic nitrogens is 1. The molecule has 4 nitrogen and oxygen atoms in total. The summed E-state index contributed by atoms with van der Waals surface area (Å²) in [5, 5.41) is 5.42. The average Bonchev–Trinajstić information content (AvgIpc) is 2.52. The van der Waals surface area contributed by atoms with E-state index in [2.05, 4.69) is 15.6 Å². The molecule has 0 saturated carbocycles. The molecule has 1 amide bonds. The topological polar surface area (TPSA) is 54.0 Å². The second-order valence-electron chi connectivity index (χ2n) is 4.54. The van der Waals surface area contributed by atoms with E-state index in [9.17, 15) is 18.0 Å². The lowest BCUT2D eigenvalue weighted by atomic mass is 10.2. The third-order valence-electron chi connectivity index (χ3n) is 2.86. The van der Waals surface area contributed by atoms with E-state index in [1.165, 1.54) is 12.3 Å². The second kappa shape index (κ2) is 6.93. The van der Waals surface area contributed by atoms with E-state index in [0.717, 1.165) is 24.7 Å². The molecular weight excluding hydrogens is 295 g/mol. The lowest BCUT2D eigenvalue weighted by molar-refractivity contribution is 0.102. The molecule has 0 aliphatic rings. The quantitative estimate of drug-likeness (QED) is 0.830. The maximum absolute atomic E-state index is 13.5. The van der Waals surface area contributed by atoms with Crippen molar-refractivity contribution in [2.45, 2.75) is 13.3 Å². The van der Waals surface area contributed by atoms with Crippen LogP contribution in [-0.4, -0.2) is 17.4 Å². The van der Waals surface area contributed by atoms with Crippen LogP contribution in [0.4, 0.5) is 24.7 Å². The zero-order chi connectivity index (χ0) is 16.1. The standard InChI is InChI=1S/C15H14F3N3O/c1-2-7-19-9-3-6-12(20-8-9)21-15(22)10-4-5-11(16)14(18)13(10)17/h3-6,8,19H,2,7H2,1H3,(H,20,21,22). The molecule has 22 heavy (non-hydrogen) atoms. The first-order chi connectivity index (χ1) is 10.5. The molecule has 2 N–H and O–H groups in total. The summed E-state index contributed by atoms with van der Waals surface area (Å²) in [5.74, 6) is -5.29. The summed E-state index contributed by atoms with van der Waals surface area (Å²) >= 11 is 0. The fraction of sp³-hybridized carbons (Fsp3) is 0.200. The minimum absolute atomic E-state index is 0.177. The summed E-state index contributed by atoms with van der Waals surface area (Å²) in [6.07, 6.45) is 2.46. The molecule has 1 aromatic heterocycles. The van der Waals surface area contributed by atoms with Crippen LogP contribution in [0.3, 0.4) is 0 Å². The van der Waals surface area contributed by atoms with E-state index in [-0.39, 0.29) is 5.82 Å². The summed E-state index contributed by atoms with van der Waals surface area (Å²) in [6, 6.07) is 4.78. The van der Waals surface area contributed by atoms with Crippen LogP contribution in [0, 0.1) is 17.5 Å². The Morgan fingerprint density at radius 1 is 1.14 bits per heavy atom. The van der Waals surface area contributed by atoms with Crippen LogP contribution in [-0.2, 0) is 0 Å². The number of rotatable bonds is 5. The average molecular weight is 309 g/mol. The molecule has 0 saturated heterocycles. The van der Waals surface area contributed by atoms with Gasteiger partial charge in [0, 0.05) is 6.54 Å². The van der Waals surface area contributed by atoms with Crippen molar-refractivity contribution in [3.05, 3.63) is 53.5 Å².